The Morgan fingerprint density at radius 3 is 2.72 bits per heavy atom. The molecule has 0 saturated carbocycles. The van der Waals surface area contributed by atoms with Gasteiger partial charge in [-0.3, -0.25) is 0 Å². The number of rotatable bonds is 5. The molecule has 2 unspecified atom stereocenters. The number of para-hydroxylation sites is 1. The Morgan fingerprint density at radius 1 is 1.28 bits per heavy atom. The summed E-state index contributed by atoms with van der Waals surface area (Å²) in [5.74, 6) is 1.57. The maximum atomic E-state index is 5.78. The molecule has 3 nitrogen and oxygen atoms in total. The molecule has 0 radical (unpaired) electrons. The topological polar surface area (TPSA) is 54.7 Å². The van der Waals surface area contributed by atoms with E-state index in [9.17, 15) is 0 Å². The minimum absolute atomic E-state index is 0.301. The van der Waals surface area contributed by atoms with Gasteiger partial charge in [-0.2, -0.15) is 0 Å². The Labute approximate surface area is 109 Å². The summed E-state index contributed by atoms with van der Waals surface area (Å²) in [5.41, 5.74) is 9.25. The van der Waals surface area contributed by atoms with Gasteiger partial charge in [0.2, 0.25) is 0 Å². The molecule has 2 rings (SSSR count). The van der Waals surface area contributed by atoms with E-state index in [0.29, 0.717) is 12.0 Å². The van der Waals surface area contributed by atoms with E-state index in [4.69, 9.17) is 10.7 Å². The van der Waals surface area contributed by atoms with Crippen LogP contribution in [0.4, 0.5) is 0 Å². The van der Waals surface area contributed by atoms with Crippen LogP contribution in [0.2, 0.25) is 0 Å². The second kappa shape index (κ2) is 5.53. The van der Waals surface area contributed by atoms with Crippen LogP contribution in [0.1, 0.15) is 50.4 Å². The highest BCUT2D eigenvalue weighted by molar-refractivity contribution is 5.78. The third kappa shape index (κ3) is 2.91. The first-order valence-corrected chi connectivity index (χ1v) is 6.78. The zero-order chi connectivity index (χ0) is 13.1. The van der Waals surface area contributed by atoms with E-state index in [0.717, 1.165) is 36.1 Å². The molecule has 2 atom stereocenters. The maximum absolute atomic E-state index is 5.78. The van der Waals surface area contributed by atoms with E-state index in [1.54, 1.807) is 0 Å². The van der Waals surface area contributed by atoms with Gasteiger partial charge in [0.1, 0.15) is 5.82 Å². The molecule has 0 amide bonds. The average molecular weight is 245 g/mol. The molecule has 3 heteroatoms. The molecular weight excluding hydrogens is 222 g/mol. The summed E-state index contributed by atoms with van der Waals surface area (Å²) < 4.78 is 0. The van der Waals surface area contributed by atoms with Crippen LogP contribution in [0, 0.1) is 6.92 Å². The fourth-order valence-corrected chi connectivity index (χ4v) is 2.31. The molecule has 0 aliphatic carbocycles. The highest BCUT2D eigenvalue weighted by Crippen LogP contribution is 2.23. The van der Waals surface area contributed by atoms with E-state index < -0.39 is 0 Å². The smallest absolute Gasteiger partial charge is 0.110 e. The van der Waals surface area contributed by atoms with Crippen molar-refractivity contribution in [2.75, 3.05) is 0 Å². The molecule has 0 aliphatic heterocycles. The number of nitrogens with two attached hydrogens (primary N) is 1. The minimum Gasteiger partial charge on any atom is -0.342 e. The normalized spacial score (nSPS) is 14.9. The molecule has 3 N–H and O–H groups in total. The van der Waals surface area contributed by atoms with Crippen molar-refractivity contribution in [1.29, 1.82) is 0 Å². The largest absolute Gasteiger partial charge is 0.342 e. The van der Waals surface area contributed by atoms with E-state index in [1.165, 1.54) is 5.56 Å². The monoisotopic (exact) mass is 245 g/mol. The van der Waals surface area contributed by atoms with Crippen molar-refractivity contribution < 1.29 is 0 Å². The average Bonchev–Trinajstić information content (AvgIpc) is 2.74. The number of imidazole rings is 1. The first-order chi connectivity index (χ1) is 8.58. The lowest BCUT2D eigenvalue weighted by Gasteiger charge is -2.09. The highest BCUT2D eigenvalue weighted by Gasteiger charge is 2.11. The maximum Gasteiger partial charge on any atom is 0.110 e. The molecule has 0 bridgehead atoms. The fourth-order valence-electron chi connectivity index (χ4n) is 2.31. The van der Waals surface area contributed by atoms with Gasteiger partial charge in [0, 0.05) is 12.0 Å². The highest BCUT2D eigenvalue weighted by atomic mass is 14.9. The third-order valence-corrected chi connectivity index (χ3v) is 3.50. The van der Waals surface area contributed by atoms with Crippen molar-refractivity contribution in [3.05, 3.63) is 29.6 Å². The second-order valence-corrected chi connectivity index (χ2v) is 5.40. The predicted molar refractivity (Wildman–Crippen MR) is 76.7 cm³/mol. The van der Waals surface area contributed by atoms with Crippen molar-refractivity contribution in [1.82, 2.24) is 9.97 Å². The summed E-state index contributed by atoms with van der Waals surface area (Å²) in [7, 11) is 0. The molecule has 0 saturated heterocycles. The number of aryl methyl sites for hydroxylation is 1. The van der Waals surface area contributed by atoms with Crippen LogP contribution in [-0.4, -0.2) is 16.0 Å². The molecule has 18 heavy (non-hydrogen) atoms. The SMILES string of the molecule is Cc1cccc2[nH]c(C(C)CCCC(C)N)nc12. The summed E-state index contributed by atoms with van der Waals surface area (Å²) in [6.45, 7) is 6.40. The first-order valence-electron chi connectivity index (χ1n) is 6.78. The summed E-state index contributed by atoms with van der Waals surface area (Å²) in [4.78, 5) is 8.16. The van der Waals surface area contributed by atoms with Gasteiger partial charge >= 0.3 is 0 Å². The van der Waals surface area contributed by atoms with Gasteiger partial charge in [-0.05, 0) is 38.3 Å². The van der Waals surface area contributed by atoms with E-state index in [-0.39, 0.29) is 0 Å². The predicted octanol–water partition coefficient (Wildman–Crippen LogP) is 3.49. The van der Waals surface area contributed by atoms with Gasteiger partial charge in [0.15, 0.2) is 0 Å². The van der Waals surface area contributed by atoms with Crippen LogP contribution < -0.4 is 5.73 Å². The van der Waals surface area contributed by atoms with Crippen LogP contribution in [0.5, 0.6) is 0 Å². The summed E-state index contributed by atoms with van der Waals surface area (Å²) in [5, 5.41) is 0. The summed E-state index contributed by atoms with van der Waals surface area (Å²) in [6, 6.07) is 6.57. The number of nitrogens with zero attached hydrogens (tertiary/aromatic N) is 1. The zero-order valence-electron chi connectivity index (χ0n) is 11.5. The van der Waals surface area contributed by atoms with Gasteiger partial charge in [-0.25, -0.2) is 4.98 Å². The number of hydrogen-bond donors (Lipinski definition) is 2. The lowest BCUT2D eigenvalue weighted by Crippen LogP contribution is -2.14. The van der Waals surface area contributed by atoms with Crippen LogP contribution in [0.3, 0.4) is 0 Å². The van der Waals surface area contributed by atoms with Crippen molar-refractivity contribution in [2.45, 2.75) is 52.0 Å². The van der Waals surface area contributed by atoms with Gasteiger partial charge in [0.25, 0.3) is 0 Å². The molecule has 98 valence electrons. The lowest BCUT2D eigenvalue weighted by molar-refractivity contribution is 0.546. The Kier molecular flexibility index (Phi) is 4.02. The Hall–Kier alpha value is -1.35. The fraction of sp³-hybridized carbons (Fsp3) is 0.533. The molecular formula is C15H23N3. The Bertz CT molecular complexity index is 513. The van der Waals surface area contributed by atoms with Crippen molar-refractivity contribution in [3.8, 4) is 0 Å². The van der Waals surface area contributed by atoms with Gasteiger partial charge in [-0.1, -0.05) is 25.5 Å². The molecule has 1 heterocycles. The van der Waals surface area contributed by atoms with Crippen molar-refractivity contribution in [2.24, 2.45) is 5.73 Å². The Balaban J connectivity index is 2.08. The van der Waals surface area contributed by atoms with Crippen LogP contribution >= 0.6 is 0 Å². The number of hydrogen-bond acceptors (Lipinski definition) is 2. The van der Waals surface area contributed by atoms with E-state index in [1.807, 2.05) is 0 Å². The number of benzene rings is 1. The second-order valence-electron chi connectivity index (χ2n) is 5.40. The molecule has 0 aliphatic rings. The molecule has 2 aromatic rings. The van der Waals surface area contributed by atoms with Gasteiger partial charge in [-0.15, -0.1) is 0 Å². The first kappa shape index (κ1) is 13.1. The lowest BCUT2D eigenvalue weighted by atomic mass is 10.0. The number of nitrogens with one attached hydrogen (secondary N) is 1. The van der Waals surface area contributed by atoms with Crippen LogP contribution in [0.25, 0.3) is 11.0 Å². The zero-order valence-corrected chi connectivity index (χ0v) is 11.5. The summed E-state index contributed by atoms with van der Waals surface area (Å²) >= 11 is 0. The van der Waals surface area contributed by atoms with Gasteiger partial charge < -0.3 is 10.7 Å². The third-order valence-electron chi connectivity index (χ3n) is 3.50. The Morgan fingerprint density at radius 2 is 2.06 bits per heavy atom. The molecule has 1 aromatic heterocycles. The van der Waals surface area contributed by atoms with E-state index in [2.05, 4.69) is 44.0 Å². The standard InChI is InChI=1S/C15H23N3/c1-10-6-5-9-13-14(10)18-15(17-13)11(2)7-4-8-12(3)16/h5-6,9,11-12H,4,7-8,16H2,1-3H3,(H,17,18). The number of H-pyrrole nitrogens is 1. The van der Waals surface area contributed by atoms with E-state index >= 15 is 0 Å². The molecule has 0 fully saturated rings. The number of fused-ring (bicyclic) bond motifs is 1. The summed E-state index contributed by atoms with van der Waals surface area (Å²) in [6.07, 6.45) is 3.39. The van der Waals surface area contributed by atoms with Crippen LogP contribution in [-0.2, 0) is 0 Å². The van der Waals surface area contributed by atoms with Gasteiger partial charge in [0.05, 0.1) is 11.0 Å². The molecule has 1 aromatic carbocycles. The van der Waals surface area contributed by atoms with Crippen molar-refractivity contribution in [3.63, 3.8) is 0 Å². The quantitative estimate of drug-likeness (QED) is 0.847. The molecule has 0 spiro atoms. The number of aromatic amines is 1. The van der Waals surface area contributed by atoms with Crippen molar-refractivity contribution >= 4 is 11.0 Å². The van der Waals surface area contributed by atoms with Crippen LogP contribution in [0.15, 0.2) is 18.2 Å². The minimum atomic E-state index is 0.301. The number of aromatic nitrogens is 2.